The average molecular weight is 286 g/mol. The van der Waals surface area contributed by atoms with Crippen molar-refractivity contribution in [1.29, 1.82) is 0 Å². The lowest BCUT2D eigenvalue weighted by Gasteiger charge is -2.30. The third-order valence-corrected chi connectivity index (χ3v) is 4.07. The lowest BCUT2D eigenvalue weighted by molar-refractivity contribution is 0.190. The van der Waals surface area contributed by atoms with E-state index < -0.39 is 0 Å². The molecule has 2 N–H and O–H groups in total. The highest BCUT2D eigenvalue weighted by Crippen LogP contribution is 2.14. The lowest BCUT2D eigenvalue weighted by Crippen LogP contribution is -2.37. The van der Waals surface area contributed by atoms with Crippen molar-refractivity contribution < 1.29 is 0 Å². The maximum atomic E-state index is 12.0. The SMILES string of the molecule is CC1CCCN(CCNc2nc3ccccc3c(=O)[nH]2)C1. The molecule has 1 fully saturated rings. The van der Waals surface area contributed by atoms with Gasteiger partial charge in [-0.05, 0) is 37.4 Å². The first kappa shape index (κ1) is 14.1. The number of H-pyrrole nitrogens is 1. The number of fused-ring (bicyclic) bond motifs is 1. The number of nitrogens with one attached hydrogen (secondary N) is 2. The first-order chi connectivity index (χ1) is 10.2. The Hall–Kier alpha value is -1.88. The number of hydrogen-bond donors (Lipinski definition) is 2. The summed E-state index contributed by atoms with van der Waals surface area (Å²) in [6.07, 6.45) is 2.62. The molecule has 5 nitrogen and oxygen atoms in total. The minimum Gasteiger partial charge on any atom is -0.354 e. The van der Waals surface area contributed by atoms with E-state index >= 15 is 0 Å². The van der Waals surface area contributed by atoms with Crippen LogP contribution >= 0.6 is 0 Å². The summed E-state index contributed by atoms with van der Waals surface area (Å²) in [6, 6.07) is 7.40. The molecular weight excluding hydrogens is 264 g/mol. The predicted molar refractivity (Wildman–Crippen MR) is 85.7 cm³/mol. The summed E-state index contributed by atoms with van der Waals surface area (Å²) >= 11 is 0. The Morgan fingerprint density at radius 1 is 1.43 bits per heavy atom. The highest BCUT2D eigenvalue weighted by Gasteiger charge is 2.15. The van der Waals surface area contributed by atoms with Gasteiger partial charge >= 0.3 is 0 Å². The molecular formula is C16H22N4O. The number of aromatic nitrogens is 2. The first-order valence-electron chi connectivity index (χ1n) is 7.67. The van der Waals surface area contributed by atoms with Crippen LogP contribution in [0.25, 0.3) is 10.9 Å². The topological polar surface area (TPSA) is 61.0 Å². The van der Waals surface area contributed by atoms with Crippen molar-refractivity contribution in [3.05, 3.63) is 34.6 Å². The van der Waals surface area contributed by atoms with E-state index in [0.29, 0.717) is 11.3 Å². The standard InChI is InChI=1S/C16H22N4O/c1-12-5-4-9-20(11-12)10-8-17-16-18-14-7-3-2-6-13(14)15(21)19-16/h2-3,6-7,12H,4-5,8-11H2,1H3,(H2,17,18,19,21). The molecule has 5 heteroatoms. The van der Waals surface area contributed by atoms with Gasteiger partial charge in [-0.2, -0.15) is 0 Å². The molecule has 0 aliphatic carbocycles. The molecule has 1 unspecified atom stereocenters. The molecule has 0 radical (unpaired) electrons. The monoisotopic (exact) mass is 286 g/mol. The molecule has 2 aromatic rings. The van der Waals surface area contributed by atoms with E-state index in [1.165, 1.54) is 25.9 Å². The fourth-order valence-corrected chi connectivity index (χ4v) is 2.99. The second-order valence-corrected chi connectivity index (χ2v) is 5.91. The van der Waals surface area contributed by atoms with Gasteiger partial charge in [0.15, 0.2) is 0 Å². The van der Waals surface area contributed by atoms with E-state index in [2.05, 4.69) is 27.1 Å². The van der Waals surface area contributed by atoms with Gasteiger partial charge in [-0.3, -0.25) is 9.78 Å². The average Bonchev–Trinajstić information content (AvgIpc) is 2.47. The number of likely N-dealkylation sites (tertiary alicyclic amines) is 1. The van der Waals surface area contributed by atoms with Crippen LogP contribution in [0.2, 0.25) is 0 Å². The third kappa shape index (κ3) is 3.42. The van der Waals surface area contributed by atoms with Crippen molar-refractivity contribution in [2.45, 2.75) is 19.8 Å². The van der Waals surface area contributed by atoms with Crippen molar-refractivity contribution in [1.82, 2.24) is 14.9 Å². The highest BCUT2D eigenvalue weighted by atomic mass is 16.1. The summed E-state index contributed by atoms with van der Waals surface area (Å²) in [6.45, 7) is 6.44. The van der Waals surface area contributed by atoms with Crippen LogP contribution < -0.4 is 10.9 Å². The molecule has 21 heavy (non-hydrogen) atoms. The highest BCUT2D eigenvalue weighted by molar-refractivity contribution is 5.78. The molecule has 0 bridgehead atoms. The number of anilines is 1. The summed E-state index contributed by atoms with van der Waals surface area (Å²) in [5.74, 6) is 1.35. The molecule has 1 aromatic carbocycles. The summed E-state index contributed by atoms with van der Waals surface area (Å²) in [5, 5.41) is 3.86. The van der Waals surface area contributed by atoms with E-state index in [4.69, 9.17) is 0 Å². The van der Waals surface area contributed by atoms with Crippen LogP contribution in [-0.4, -0.2) is 41.0 Å². The molecule has 1 aliphatic rings. The van der Waals surface area contributed by atoms with Gasteiger partial charge in [0, 0.05) is 19.6 Å². The normalized spacial score (nSPS) is 19.8. The van der Waals surface area contributed by atoms with Crippen molar-refractivity contribution in [3.8, 4) is 0 Å². The van der Waals surface area contributed by atoms with Crippen LogP contribution in [0, 0.1) is 5.92 Å². The number of aromatic amines is 1. The molecule has 1 aliphatic heterocycles. The van der Waals surface area contributed by atoms with Crippen molar-refractivity contribution in [2.24, 2.45) is 5.92 Å². The zero-order valence-electron chi connectivity index (χ0n) is 12.4. The van der Waals surface area contributed by atoms with Crippen LogP contribution in [0.15, 0.2) is 29.1 Å². The van der Waals surface area contributed by atoms with Crippen LogP contribution in [0.5, 0.6) is 0 Å². The Morgan fingerprint density at radius 2 is 2.29 bits per heavy atom. The van der Waals surface area contributed by atoms with Crippen LogP contribution in [0.3, 0.4) is 0 Å². The number of para-hydroxylation sites is 1. The zero-order valence-corrected chi connectivity index (χ0v) is 12.4. The minimum atomic E-state index is -0.0882. The van der Waals surface area contributed by atoms with Gasteiger partial charge in [0.05, 0.1) is 10.9 Å². The summed E-state index contributed by atoms with van der Waals surface area (Å²) in [5.41, 5.74) is 0.644. The molecule has 2 heterocycles. The van der Waals surface area contributed by atoms with E-state index in [1.54, 1.807) is 6.07 Å². The lowest BCUT2D eigenvalue weighted by atomic mass is 10.0. The van der Waals surface area contributed by atoms with E-state index in [1.807, 2.05) is 18.2 Å². The number of nitrogens with zero attached hydrogens (tertiary/aromatic N) is 2. The fraction of sp³-hybridized carbons (Fsp3) is 0.500. The first-order valence-corrected chi connectivity index (χ1v) is 7.67. The van der Waals surface area contributed by atoms with Crippen molar-refractivity contribution in [3.63, 3.8) is 0 Å². The maximum Gasteiger partial charge on any atom is 0.260 e. The Morgan fingerprint density at radius 3 is 3.14 bits per heavy atom. The van der Waals surface area contributed by atoms with E-state index in [-0.39, 0.29) is 5.56 Å². The smallest absolute Gasteiger partial charge is 0.260 e. The predicted octanol–water partition coefficient (Wildman–Crippen LogP) is 2.07. The van der Waals surface area contributed by atoms with Crippen LogP contribution in [0.4, 0.5) is 5.95 Å². The van der Waals surface area contributed by atoms with Gasteiger partial charge in [0.1, 0.15) is 0 Å². The number of piperidine rings is 1. The summed E-state index contributed by atoms with van der Waals surface area (Å²) in [4.78, 5) is 21.7. The zero-order chi connectivity index (χ0) is 14.7. The molecule has 1 aromatic heterocycles. The summed E-state index contributed by atoms with van der Waals surface area (Å²) < 4.78 is 0. The van der Waals surface area contributed by atoms with Gasteiger partial charge in [0.2, 0.25) is 5.95 Å². The molecule has 0 saturated carbocycles. The van der Waals surface area contributed by atoms with E-state index in [0.717, 1.165) is 24.5 Å². The second kappa shape index (κ2) is 6.26. The Kier molecular flexibility index (Phi) is 4.20. The minimum absolute atomic E-state index is 0.0882. The second-order valence-electron chi connectivity index (χ2n) is 5.91. The molecule has 0 spiro atoms. The molecule has 3 rings (SSSR count). The molecule has 1 saturated heterocycles. The van der Waals surface area contributed by atoms with Gasteiger partial charge in [-0.1, -0.05) is 19.1 Å². The van der Waals surface area contributed by atoms with Crippen LogP contribution in [-0.2, 0) is 0 Å². The van der Waals surface area contributed by atoms with Crippen LogP contribution in [0.1, 0.15) is 19.8 Å². The Balaban J connectivity index is 1.61. The van der Waals surface area contributed by atoms with Gasteiger partial charge < -0.3 is 10.2 Å². The number of benzene rings is 1. The maximum absolute atomic E-state index is 12.0. The largest absolute Gasteiger partial charge is 0.354 e. The quantitative estimate of drug-likeness (QED) is 0.903. The Bertz CT molecular complexity index is 667. The molecule has 112 valence electrons. The summed E-state index contributed by atoms with van der Waals surface area (Å²) in [7, 11) is 0. The number of hydrogen-bond acceptors (Lipinski definition) is 4. The van der Waals surface area contributed by atoms with Crippen molar-refractivity contribution in [2.75, 3.05) is 31.5 Å². The van der Waals surface area contributed by atoms with Gasteiger partial charge in [-0.15, -0.1) is 0 Å². The fourth-order valence-electron chi connectivity index (χ4n) is 2.99. The molecule has 0 amide bonds. The molecule has 1 atom stereocenters. The van der Waals surface area contributed by atoms with E-state index in [9.17, 15) is 4.79 Å². The van der Waals surface area contributed by atoms with Gasteiger partial charge in [-0.25, -0.2) is 4.98 Å². The third-order valence-electron chi connectivity index (χ3n) is 4.07. The number of rotatable bonds is 4. The Labute approximate surface area is 124 Å². The van der Waals surface area contributed by atoms with Crippen molar-refractivity contribution >= 4 is 16.9 Å². The van der Waals surface area contributed by atoms with Gasteiger partial charge in [0.25, 0.3) is 5.56 Å².